The highest BCUT2D eigenvalue weighted by molar-refractivity contribution is 6.12. The van der Waals surface area contributed by atoms with E-state index in [2.05, 4.69) is 11.0 Å². The molecule has 2 aromatic carbocycles. The Morgan fingerprint density at radius 3 is 2.74 bits per heavy atom. The van der Waals surface area contributed by atoms with Gasteiger partial charge in [0.25, 0.3) is 0 Å². The van der Waals surface area contributed by atoms with E-state index in [9.17, 15) is 4.79 Å². The SMILES string of the molecule is COc1cc(N2C[C@H]3C[C@@H]2CO3)c2c(c1C(=O)/C=C/c1ccccc1)OC(C)(C)C=C2. The van der Waals surface area contributed by atoms with Crippen LogP contribution in [-0.4, -0.2) is 43.8 Å². The number of carbonyl (C=O) groups is 1. The fraction of sp³-hybridized carbons (Fsp3) is 0.346. The summed E-state index contributed by atoms with van der Waals surface area (Å²) in [6, 6.07) is 12.1. The van der Waals surface area contributed by atoms with E-state index < -0.39 is 5.60 Å². The van der Waals surface area contributed by atoms with Crippen molar-refractivity contribution in [1.29, 1.82) is 0 Å². The molecule has 5 rings (SSSR count). The molecule has 2 aromatic rings. The molecule has 2 bridgehead atoms. The van der Waals surface area contributed by atoms with E-state index in [0.29, 0.717) is 23.1 Å². The van der Waals surface area contributed by atoms with Crippen molar-refractivity contribution in [2.75, 3.05) is 25.2 Å². The molecule has 31 heavy (non-hydrogen) atoms. The zero-order valence-electron chi connectivity index (χ0n) is 18.1. The highest BCUT2D eigenvalue weighted by Gasteiger charge is 2.41. The third-order valence-corrected chi connectivity index (χ3v) is 6.18. The first-order chi connectivity index (χ1) is 14.9. The number of ether oxygens (including phenoxy) is 3. The van der Waals surface area contributed by atoms with Crippen LogP contribution < -0.4 is 14.4 Å². The van der Waals surface area contributed by atoms with Gasteiger partial charge in [-0.15, -0.1) is 0 Å². The van der Waals surface area contributed by atoms with Crippen molar-refractivity contribution in [2.45, 2.75) is 38.0 Å². The number of allylic oxidation sites excluding steroid dienone is 1. The number of rotatable bonds is 5. The zero-order chi connectivity index (χ0) is 21.6. The Morgan fingerprint density at radius 2 is 2.06 bits per heavy atom. The minimum Gasteiger partial charge on any atom is -0.496 e. The molecule has 0 unspecified atom stereocenters. The lowest BCUT2D eigenvalue weighted by Gasteiger charge is -2.35. The Bertz CT molecular complexity index is 1070. The maximum absolute atomic E-state index is 13.3. The number of ketones is 1. The summed E-state index contributed by atoms with van der Waals surface area (Å²) in [6.45, 7) is 5.56. The summed E-state index contributed by atoms with van der Waals surface area (Å²) in [4.78, 5) is 15.7. The van der Waals surface area contributed by atoms with Gasteiger partial charge in [-0.2, -0.15) is 0 Å². The van der Waals surface area contributed by atoms with Crippen LogP contribution >= 0.6 is 0 Å². The number of methoxy groups -OCH3 is 1. The van der Waals surface area contributed by atoms with Crippen molar-refractivity contribution in [1.82, 2.24) is 0 Å². The Morgan fingerprint density at radius 1 is 1.26 bits per heavy atom. The number of hydrogen-bond acceptors (Lipinski definition) is 5. The van der Waals surface area contributed by atoms with Crippen molar-refractivity contribution >= 4 is 23.6 Å². The van der Waals surface area contributed by atoms with Crippen LogP contribution in [0.25, 0.3) is 12.2 Å². The van der Waals surface area contributed by atoms with E-state index >= 15 is 0 Å². The van der Waals surface area contributed by atoms with Crippen LogP contribution in [0.5, 0.6) is 11.5 Å². The summed E-state index contributed by atoms with van der Waals surface area (Å²) in [5, 5.41) is 0. The molecule has 2 saturated heterocycles. The number of benzene rings is 2. The number of carbonyl (C=O) groups excluding carboxylic acids is 1. The molecule has 5 nitrogen and oxygen atoms in total. The fourth-order valence-electron chi connectivity index (χ4n) is 4.63. The topological polar surface area (TPSA) is 48.0 Å². The van der Waals surface area contributed by atoms with Gasteiger partial charge in [-0.1, -0.05) is 36.4 Å². The van der Waals surface area contributed by atoms with Crippen LogP contribution in [-0.2, 0) is 4.74 Å². The Balaban J connectivity index is 1.60. The van der Waals surface area contributed by atoms with E-state index in [1.807, 2.05) is 62.4 Å². The normalized spacial score (nSPS) is 23.1. The highest BCUT2D eigenvalue weighted by Crippen LogP contribution is 2.47. The van der Waals surface area contributed by atoms with E-state index in [1.165, 1.54) is 0 Å². The molecule has 0 amide bonds. The van der Waals surface area contributed by atoms with Gasteiger partial charge in [0.15, 0.2) is 5.78 Å². The van der Waals surface area contributed by atoms with E-state index in [4.69, 9.17) is 14.2 Å². The van der Waals surface area contributed by atoms with Gasteiger partial charge in [0.1, 0.15) is 22.7 Å². The predicted octanol–water partition coefficient (Wildman–Crippen LogP) is 4.75. The van der Waals surface area contributed by atoms with Crippen LogP contribution in [0.3, 0.4) is 0 Å². The Hall–Kier alpha value is -3.05. The van der Waals surface area contributed by atoms with Crippen LogP contribution in [0.15, 0.2) is 48.6 Å². The molecular weight excluding hydrogens is 390 g/mol. The second kappa shape index (κ2) is 7.57. The summed E-state index contributed by atoms with van der Waals surface area (Å²) in [6.07, 6.45) is 8.85. The summed E-state index contributed by atoms with van der Waals surface area (Å²) >= 11 is 0. The number of hydrogen-bond donors (Lipinski definition) is 0. The average molecular weight is 418 g/mol. The third kappa shape index (κ3) is 3.63. The van der Waals surface area contributed by atoms with Crippen LogP contribution in [0.4, 0.5) is 5.69 Å². The number of anilines is 1. The van der Waals surface area contributed by atoms with Crippen molar-refractivity contribution in [3.05, 3.63) is 65.2 Å². The molecule has 3 aliphatic rings. The van der Waals surface area contributed by atoms with E-state index in [1.54, 1.807) is 13.2 Å². The van der Waals surface area contributed by atoms with Gasteiger partial charge in [-0.25, -0.2) is 0 Å². The smallest absolute Gasteiger partial charge is 0.193 e. The van der Waals surface area contributed by atoms with Gasteiger partial charge in [0.05, 0.1) is 31.5 Å². The molecule has 2 fully saturated rings. The lowest BCUT2D eigenvalue weighted by Crippen LogP contribution is -2.38. The summed E-state index contributed by atoms with van der Waals surface area (Å²) in [7, 11) is 1.60. The van der Waals surface area contributed by atoms with Gasteiger partial charge in [-0.3, -0.25) is 4.79 Å². The second-order valence-corrected chi connectivity index (χ2v) is 8.86. The summed E-state index contributed by atoms with van der Waals surface area (Å²) < 4.78 is 17.9. The molecule has 0 saturated carbocycles. The first-order valence-corrected chi connectivity index (χ1v) is 10.7. The van der Waals surface area contributed by atoms with Gasteiger partial charge in [0, 0.05) is 18.2 Å². The monoisotopic (exact) mass is 417 g/mol. The Kier molecular flexibility index (Phi) is 4.86. The maximum Gasteiger partial charge on any atom is 0.193 e. The second-order valence-electron chi connectivity index (χ2n) is 8.86. The zero-order valence-corrected chi connectivity index (χ0v) is 18.1. The molecular formula is C26H27NO4. The molecule has 160 valence electrons. The van der Waals surface area contributed by atoms with Crippen molar-refractivity contribution in [3.63, 3.8) is 0 Å². The molecule has 3 aliphatic heterocycles. The molecule has 0 radical (unpaired) electrons. The average Bonchev–Trinajstić information content (AvgIpc) is 3.40. The van der Waals surface area contributed by atoms with Gasteiger partial charge < -0.3 is 19.1 Å². The molecule has 0 aromatic heterocycles. The fourth-order valence-corrected chi connectivity index (χ4v) is 4.63. The van der Waals surface area contributed by atoms with E-state index in [0.717, 1.165) is 36.4 Å². The summed E-state index contributed by atoms with van der Waals surface area (Å²) in [5.41, 5.74) is 2.89. The minimum absolute atomic E-state index is 0.138. The van der Waals surface area contributed by atoms with Gasteiger partial charge in [0.2, 0.25) is 0 Å². The highest BCUT2D eigenvalue weighted by atomic mass is 16.5. The number of morpholine rings is 1. The molecule has 0 spiro atoms. The standard InChI is InChI=1S/C26H27NO4/c1-26(2)12-11-20-21(27-15-19-13-18(27)16-30-19)14-23(29-3)24(25(20)31-26)22(28)10-9-17-7-5-4-6-8-17/h4-12,14,18-19H,13,15-16H2,1-3H3/b10-9+/t18-,19-/m1/s1. The van der Waals surface area contributed by atoms with Crippen LogP contribution in [0, 0.1) is 0 Å². The maximum atomic E-state index is 13.3. The first-order valence-electron chi connectivity index (χ1n) is 10.7. The molecule has 0 N–H and O–H groups in total. The largest absolute Gasteiger partial charge is 0.496 e. The van der Waals surface area contributed by atoms with Crippen LogP contribution in [0.2, 0.25) is 0 Å². The number of nitrogens with zero attached hydrogens (tertiary/aromatic N) is 1. The quantitative estimate of drug-likeness (QED) is 0.519. The van der Waals surface area contributed by atoms with Crippen molar-refractivity contribution in [2.24, 2.45) is 0 Å². The van der Waals surface area contributed by atoms with Crippen molar-refractivity contribution in [3.8, 4) is 11.5 Å². The van der Waals surface area contributed by atoms with Gasteiger partial charge in [-0.05, 0) is 44.1 Å². The molecule has 2 atom stereocenters. The van der Waals surface area contributed by atoms with Gasteiger partial charge >= 0.3 is 0 Å². The minimum atomic E-state index is -0.512. The van der Waals surface area contributed by atoms with Crippen LogP contribution in [0.1, 0.15) is 41.8 Å². The summed E-state index contributed by atoms with van der Waals surface area (Å²) in [5.74, 6) is 0.986. The first kappa shape index (κ1) is 19.9. The molecule has 3 heterocycles. The third-order valence-electron chi connectivity index (χ3n) is 6.18. The Labute approximate surface area is 182 Å². The number of fused-ring (bicyclic) bond motifs is 3. The van der Waals surface area contributed by atoms with E-state index in [-0.39, 0.29) is 11.9 Å². The molecule has 5 heteroatoms. The van der Waals surface area contributed by atoms with Crippen molar-refractivity contribution < 1.29 is 19.0 Å². The lowest BCUT2D eigenvalue weighted by molar-refractivity contribution is 0.0987. The molecule has 0 aliphatic carbocycles. The lowest BCUT2D eigenvalue weighted by atomic mass is 9.94. The predicted molar refractivity (Wildman–Crippen MR) is 122 cm³/mol.